The van der Waals surface area contributed by atoms with Gasteiger partial charge in [0.2, 0.25) is 10.0 Å². The lowest BCUT2D eigenvalue weighted by atomic mass is 9.78. The van der Waals surface area contributed by atoms with Gasteiger partial charge in [0, 0.05) is 30.4 Å². The van der Waals surface area contributed by atoms with Crippen LogP contribution in [0.15, 0.2) is 40.2 Å². The second-order valence-corrected chi connectivity index (χ2v) is 10.2. The van der Waals surface area contributed by atoms with E-state index in [1.807, 2.05) is 10.6 Å². The summed E-state index contributed by atoms with van der Waals surface area (Å²) in [5.74, 6) is -1.26. The van der Waals surface area contributed by atoms with Gasteiger partial charge in [0.05, 0.1) is 4.90 Å². The molecule has 0 saturated carbocycles. The third-order valence-corrected chi connectivity index (χ3v) is 6.83. The molecule has 0 saturated heterocycles. The molecule has 2 aromatic rings. The number of allylic oxidation sites excluding steroid dienone is 2. The summed E-state index contributed by atoms with van der Waals surface area (Å²) in [6.45, 7) is 6.17. The number of aromatic nitrogens is 1. The van der Waals surface area contributed by atoms with Gasteiger partial charge >= 0.3 is 5.97 Å². The van der Waals surface area contributed by atoms with Crippen LogP contribution in [-0.4, -0.2) is 24.1 Å². The number of primary sulfonamides is 1. The molecule has 8 heteroatoms. The predicted octanol–water partition coefficient (Wildman–Crippen LogP) is 2.65. The highest BCUT2D eigenvalue weighted by molar-refractivity contribution is 7.89. The molecule has 0 amide bonds. The van der Waals surface area contributed by atoms with Gasteiger partial charge in [-0.2, -0.15) is 0 Å². The van der Waals surface area contributed by atoms with Crippen LogP contribution in [0.4, 0.5) is 0 Å². The number of nitrogens with two attached hydrogens (primary N) is 1. The van der Waals surface area contributed by atoms with Crippen molar-refractivity contribution >= 4 is 27.1 Å². The van der Waals surface area contributed by atoms with Crippen LogP contribution in [0.25, 0.3) is 11.1 Å². The van der Waals surface area contributed by atoms with Gasteiger partial charge in [-0.05, 0) is 40.2 Å². The third kappa shape index (κ3) is 3.03. The summed E-state index contributed by atoms with van der Waals surface area (Å²) in [6, 6.07) is 6.31. The molecule has 152 valence electrons. The molecule has 4 rings (SSSR count). The van der Waals surface area contributed by atoms with Crippen molar-refractivity contribution < 1.29 is 18.3 Å². The Bertz CT molecular complexity index is 1260. The Labute approximate surface area is 168 Å². The summed E-state index contributed by atoms with van der Waals surface area (Å²) in [6.07, 6.45) is 2.36. The predicted molar refractivity (Wildman–Crippen MR) is 109 cm³/mol. The maximum atomic E-state index is 12.4. The van der Waals surface area contributed by atoms with Crippen LogP contribution in [0.1, 0.15) is 60.4 Å². The van der Waals surface area contributed by atoms with Gasteiger partial charge in [0.25, 0.3) is 0 Å². The highest BCUT2D eigenvalue weighted by Gasteiger charge is 2.38. The van der Waals surface area contributed by atoms with Gasteiger partial charge in [0.1, 0.15) is 5.56 Å². The zero-order valence-electron chi connectivity index (χ0n) is 16.4. The van der Waals surface area contributed by atoms with Crippen molar-refractivity contribution in [2.45, 2.75) is 44.6 Å². The largest absolute Gasteiger partial charge is 0.477 e. The number of fused-ring (bicyclic) bond motifs is 4. The molecule has 0 radical (unpaired) electrons. The number of aromatic carboxylic acids is 1. The lowest BCUT2D eigenvalue weighted by molar-refractivity contribution is 0.0693. The first-order chi connectivity index (χ1) is 13.4. The molecular weight excluding hydrogens is 392 g/mol. The number of rotatable bonds is 2. The average Bonchev–Trinajstić information content (AvgIpc) is 2.97. The number of carboxylic acids is 1. The molecule has 0 spiro atoms. The van der Waals surface area contributed by atoms with Crippen LogP contribution >= 0.6 is 0 Å². The van der Waals surface area contributed by atoms with Crippen molar-refractivity contribution in [2.24, 2.45) is 10.6 Å². The Balaban J connectivity index is 2.00. The van der Waals surface area contributed by atoms with Crippen molar-refractivity contribution in [1.29, 1.82) is 0 Å². The number of carboxylic acid groups (broad SMARTS) is 1. The van der Waals surface area contributed by atoms with E-state index >= 15 is 0 Å². The zero-order chi connectivity index (χ0) is 21.3. The summed E-state index contributed by atoms with van der Waals surface area (Å²) in [5.41, 5.74) is 2.90. The molecule has 29 heavy (non-hydrogen) atoms. The molecule has 2 heterocycles. The van der Waals surface area contributed by atoms with E-state index in [-0.39, 0.29) is 21.9 Å². The summed E-state index contributed by atoms with van der Waals surface area (Å²) < 4.78 is 26.0. The molecule has 0 fully saturated rings. The summed E-state index contributed by atoms with van der Waals surface area (Å²) in [5, 5.41) is 14.8. The van der Waals surface area contributed by atoms with E-state index < -0.39 is 21.4 Å². The van der Waals surface area contributed by atoms with E-state index in [0.29, 0.717) is 24.1 Å². The molecule has 2 aliphatic rings. The molecule has 1 atom stereocenters. The quantitative estimate of drug-likeness (QED) is 0.783. The van der Waals surface area contributed by atoms with E-state index in [1.54, 1.807) is 6.07 Å². The fourth-order valence-electron chi connectivity index (χ4n) is 4.45. The minimum absolute atomic E-state index is 0.0905. The van der Waals surface area contributed by atoms with Gasteiger partial charge < -0.3 is 9.67 Å². The maximum absolute atomic E-state index is 12.4. The number of hydrogen-bond acceptors (Lipinski definition) is 4. The standard InChI is InChI=1S/C21H22N2O5S/c1-21(2,3)19-8-12-11-5-4-6-18(29(22,27)28)14(11)7-13(12)16-9-17(24)15(20(25)26)10-23(16)19/h4-6,9-10,19H,7-8H2,1-3H3,(H,25,26)(H2,22,27,28)/t19-/m0/s1. The topological polar surface area (TPSA) is 119 Å². The Kier molecular flexibility index (Phi) is 4.15. The van der Waals surface area contributed by atoms with Crippen molar-refractivity contribution in [2.75, 3.05) is 0 Å². The van der Waals surface area contributed by atoms with Crippen LogP contribution in [0.3, 0.4) is 0 Å². The second-order valence-electron chi connectivity index (χ2n) is 8.70. The van der Waals surface area contributed by atoms with Gasteiger partial charge in [-0.15, -0.1) is 0 Å². The van der Waals surface area contributed by atoms with E-state index in [1.165, 1.54) is 18.3 Å². The highest BCUT2D eigenvalue weighted by atomic mass is 32.2. The molecule has 7 nitrogen and oxygen atoms in total. The zero-order valence-corrected chi connectivity index (χ0v) is 17.2. The Morgan fingerprint density at radius 3 is 2.52 bits per heavy atom. The average molecular weight is 414 g/mol. The van der Waals surface area contributed by atoms with Gasteiger partial charge in [0.15, 0.2) is 5.43 Å². The molecule has 0 unspecified atom stereocenters. The molecule has 1 aromatic heterocycles. The molecular formula is C21H22N2O5S. The van der Waals surface area contributed by atoms with Crippen molar-refractivity contribution in [3.63, 3.8) is 0 Å². The number of pyridine rings is 1. The van der Waals surface area contributed by atoms with Crippen LogP contribution < -0.4 is 10.6 Å². The van der Waals surface area contributed by atoms with Crippen LogP contribution in [0, 0.1) is 5.41 Å². The first kappa shape index (κ1) is 19.6. The minimum atomic E-state index is -3.89. The highest BCUT2D eigenvalue weighted by Crippen LogP contribution is 2.51. The second kappa shape index (κ2) is 6.14. The fraction of sp³-hybridized carbons (Fsp3) is 0.333. The Morgan fingerprint density at radius 1 is 1.24 bits per heavy atom. The van der Waals surface area contributed by atoms with E-state index in [9.17, 15) is 23.1 Å². The number of hydrogen-bond donors (Lipinski definition) is 2. The fourth-order valence-corrected chi connectivity index (χ4v) is 5.24. The van der Waals surface area contributed by atoms with Crippen molar-refractivity contribution in [1.82, 2.24) is 4.57 Å². The lowest BCUT2D eigenvalue weighted by Crippen LogP contribution is -2.32. The number of benzene rings is 1. The Hall–Kier alpha value is -2.71. The lowest BCUT2D eigenvalue weighted by Gasteiger charge is -2.39. The minimum Gasteiger partial charge on any atom is -0.477 e. The van der Waals surface area contributed by atoms with Crippen molar-refractivity contribution in [3.05, 3.63) is 63.1 Å². The first-order valence-corrected chi connectivity index (χ1v) is 10.8. The smallest absolute Gasteiger partial charge is 0.341 e. The van der Waals surface area contributed by atoms with Crippen molar-refractivity contribution in [3.8, 4) is 0 Å². The maximum Gasteiger partial charge on any atom is 0.341 e. The number of sulfonamides is 1. The monoisotopic (exact) mass is 414 g/mol. The van der Waals surface area contributed by atoms with Crippen LogP contribution in [0.2, 0.25) is 0 Å². The van der Waals surface area contributed by atoms with Gasteiger partial charge in [-0.25, -0.2) is 18.4 Å². The normalized spacial score (nSPS) is 18.3. The SMILES string of the molecule is CC(C)(C)[C@@H]1CC2=C(Cc3c2cccc3S(N)(=O)=O)c2cc(=O)c(C(=O)O)cn21. The molecule has 1 aliphatic heterocycles. The molecule has 1 aromatic carbocycles. The third-order valence-electron chi connectivity index (χ3n) is 5.83. The van der Waals surface area contributed by atoms with E-state index in [0.717, 1.165) is 16.7 Å². The summed E-state index contributed by atoms with van der Waals surface area (Å²) >= 11 is 0. The molecule has 0 bridgehead atoms. The molecule has 1 aliphatic carbocycles. The number of carbonyl (C=O) groups is 1. The van der Waals surface area contributed by atoms with Crippen LogP contribution in [-0.2, 0) is 16.4 Å². The van der Waals surface area contributed by atoms with Gasteiger partial charge in [-0.3, -0.25) is 4.79 Å². The van der Waals surface area contributed by atoms with Crippen LogP contribution in [0.5, 0.6) is 0 Å². The first-order valence-electron chi connectivity index (χ1n) is 9.26. The van der Waals surface area contributed by atoms with E-state index in [2.05, 4.69) is 20.8 Å². The molecule has 3 N–H and O–H groups in total. The van der Waals surface area contributed by atoms with E-state index in [4.69, 9.17) is 5.14 Å². The summed E-state index contributed by atoms with van der Waals surface area (Å²) in [4.78, 5) is 24.1. The summed E-state index contributed by atoms with van der Waals surface area (Å²) in [7, 11) is -3.89. The Morgan fingerprint density at radius 2 is 1.93 bits per heavy atom. The van der Waals surface area contributed by atoms with Gasteiger partial charge in [-0.1, -0.05) is 32.9 Å². The number of nitrogens with zero attached hydrogens (tertiary/aromatic N) is 1.